The SMILES string of the molecule is Cc1cc(N)ccc1[C@@H](O)[C@H]1OC(COCc2ccccc2)C2(OCc3ccccc3)C(OCc3ccccc3)C2C1OCc1ccccc1. The van der Waals surface area contributed by atoms with Gasteiger partial charge in [-0.05, 0) is 52.4 Å². The van der Waals surface area contributed by atoms with Gasteiger partial charge in [0.15, 0.2) is 0 Å². The highest BCUT2D eigenvalue weighted by Crippen LogP contribution is 2.61. The molecule has 258 valence electrons. The zero-order valence-corrected chi connectivity index (χ0v) is 28.3. The van der Waals surface area contributed by atoms with E-state index in [0.29, 0.717) is 32.1 Å². The molecule has 3 N–H and O–H groups in total. The molecule has 1 saturated carbocycles. The van der Waals surface area contributed by atoms with Gasteiger partial charge in [-0.3, -0.25) is 0 Å². The van der Waals surface area contributed by atoms with E-state index in [9.17, 15) is 5.11 Å². The number of benzene rings is 5. The molecule has 0 spiro atoms. The lowest BCUT2D eigenvalue weighted by molar-refractivity contribution is -0.244. The van der Waals surface area contributed by atoms with Crippen molar-refractivity contribution in [1.82, 2.24) is 0 Å². The van der Waals surface area contributed by atoms with Gasteiger partial charge in [-0.2, -0.15) is 0 Å². The molecule has 1 heterocycles. The number of hydrogen-bond acceptors (Lipinski definition) is 7. The molecule has 5 unspecified atom stereocenters. The Labute approximate surface area is 294 Å². The first-order valence-electron chi connectivity index (χ1n) is 17.3. The van der Waals surface area contributed by atoms with Crippen LogP contribution in [0.4, 0.5) is 5.69 Å². The van der Waals surface area contributed by atoms with Gasteiger partial charge in [-0.1, -0.05) is 127 Å². The Hall–Kier alpha value is -4.34. The van der Waals surface area contributed by atoms with Gasteiger partial charge in [0.1, 0.15) is 23.9 Å². The topological polar surface area (TPSA) is 92.4 Å². The normalized spacial score (nSPS) is 24.7. The second-order valence-electron chi connectivity index (χ2n) is 13.3. The third kappa shape index (κ3) is 7.54. The predicted molar refractivity (Wildman–Crippen MR) is 193 cm³/mol. The Morgan fingerprint density at radius 1 is 0.680 bits per heavy atom. The van der Waals surface area contributed by atoms with Crippen LogP contribution in [0.2, 0.25) is 0 Å². The van der Waals surface area contributed by atoms with Crippen molar-refractivity contribution in [2.45, 2.75) is 69.5 Å². The Balaban J connectivity index is 1.25. The number of fused-ring (bicyclic) bond motifs is 1. The highest BCUT2D eigenvalue weighted by molar-refractivity contribution is 5.45. The molecule has 1 saturated heterocycles. The molecule has 7 heteroatoms. The molecule has 1 aliphatic heterocycles. The lowest BCUT2D eigenvalue weighted by Gasteiger charge is -2.42. The van der Waals surface area contributed by atoms with E-state index in [1.807, 2.05) is 122 Å². The molecule has 2 fully saturated rings. The van der Waals surface area contributed by atoms with Crippen molar-refractivity contribution >= 4 is 5.69 Å². The molecule has 0 aromatic heterocycles. The molecule has 50 heavy (non-hydrogen) atoms. The standard InChI is InChI=1S/C43H45NO6/c1-30-24-35(44)22-23-36(30)39(45)41-40(47-26-32-16-8-3-9-17-32)38-42(48-27-33-18-10-4-11-19-33)43(38,49-28-34-20-12-5-13-21-34)37(50-41)29-46-25-31-14-6-2-7-15-31/h2-24,37-42,45H,25-29,44H2,1H3/t37?,38?,39-,40?,41-,42?,43?/m1/s1. The summed E-state index contributed by atoms with van der Waals surface area (Å²) in [7, 11) is 0. The number of ether oxygens (including phenoxy) is 5. The zero-order valence-electron chi connectivity index (χ0n) is 28.3. The van der Waals surface area contributed by atoms with Gasteiger partial charge in [0.05, 0.1) is 51.2 Å². The van der Waals surface area contributed by atoms with Crippen molar-refractivity contribution in [3.8, 4) is 0 Å². The number of aliphatic hydroxyl groups is 1. The monoisotopic (exact) mass is 671 g/mol. The molecule has 0 amide bonds. The Morgan fingerprint density at radius 2 is 1.20 bits per heavy atom. The fourth-order valence-corrected chi connectivity index (χ4v) is 7.29. The molecule has 1 aliphatic carbocycles. The number of anilines is 1. The van der Waals surface area contributed by atoms with Crippen LogP contribution in [0.1, 0.15) is 39.5 Å². The van der Waals surface area contributed by atoms with Crippen LogP contribution < -0.4 is 5.73 Å². The minimum absolute atomic E-state index is 0.237. The lowest BCUT2D eigenvalue weighted by atomic mass is 9.90. The molecular weight excluding hydrogens is 626 g/mol. The summed E-state index contributed by atoms with van der Waals surface area (Å²) in [5, 5.41) is 12.2. The van der Waals surface area contributed by atoms with Gasteiger partial charge in [-0.25, -0.2) is 0 Å². The van der Waals surface area contributed by atoms with Gasteiger partial charge in [0.25, 0.3) is 0 Å². The maximum absolute atomic E-state index is 12.2. The van der Waals surface area contributed by atoms with Crippen molar-refractivity contribution in [2.75, 3.05) is 12.3 Å². The van der Waals surface area contributed by atoms with Gasteiger partial charge in [0, 0.05) is 5.69 Å². The van der Waals surface area contributed by atoms with Crippen molar-refractivity contribution in [3.63, 3.8) is 0 Å². The van der Waals surface area contributed by atoms with Crippen molar-refractivity contribution < 1.29 is 28.8 Å². The Kier molecular flexibility index (Phi) is 10.7. The van der Waals surface area contributed by atoms with Gasteiger partial charge < -0.3 is 34.5 Å². The zero-order chi connectivity index (χ0) is 34.3. The van der Waals surface area contributed by atoms with E-state index in [2.05, 4.69) is 24.3 Å². The summed E-state index contributed by atoms with van der Waals surface area (Å²) in [6.07, 6.45) is -3.26. The average molecular weight is 672 g/mol. The van der Waals surface area contributed by atoms with Crippen LogP contribution >= 0.6 is 0 Å². The number of nitrogens with two attached hydrogens (primary N) is 1. The fraction of sp³-hybridized carbons (Fsp3) is 0.302. The largest absolute Gasteiger partial charge is 0.399 e. The first-order chi connectivity index (χ1) is 24.5. The number of aliphatic hydroxyl groups excluding tert-OH is 1. The number of nitrogen functional groups attached to an aromatic ring is 1. The van der Waals surface area contributed by atoms with Crippen LogP contribution in [0.25, 0.3) is 0 Å². The van der Waals surface area contributed by atoms with Gasteiger partial charge >= 0.3 is 0 Å². The van der Waals surface area contributed by atoms with Crippen molar-refractivity contribution in [2.24, 2.45) is 5.92 Å². The highest BCUT2D eigenvalue weighted by atomic mass is 16.6. The molecule has 2 aliphatic rings. The average Bonchev–Trinajstić information content (AvgIpc) is 3.82. The molecule has 5 aromatic carbocycles. The molecule has 7 atom stereocenters. The van der Waals surface area contributed by atoms with Crippen LogP contribution in [-0.2, 0) is 50.1 Å². The third-order valence-corrected chi connectivity index (χ3v) is 9.88. The second-order valence-corrected chi connectivity index (χ2v) is 13.3. The lowest BCUT2D eigenvalue weighted by Crippen LogP contribution is -2.54. The number of rotatable bonds is 15. The van der Waals surface area contributed by atoms with Crippen LogP contribution in [0.15, 0.2) is 140 Å². The molecule has 7 nitrogen and oxygen atoms in total. The van der Waals surface area contributed by atoms with E-state index in [1.54, 1.807) is 0 Å². The summed E-state index contributed by atoms with van der Waals surface area (Å²) >= 11 is 0. The second kappa shape index (κ2) is 15.7. The van der Waals surface area contributed by atoms with Crippen LogP contribution in [0.3, 0.4) is 0 Å². The highest BCUT2D eigenvalue weighted by Gasteiger charge is 2.78. The van der Waals surface area contributed by atoms with Crippen molar-refractivity contribution in [1.29, 1.82) is 0 Å². The maximum atomic E-state index is 12.2. The van der Waals surface area contributed by atoms with E-state index in [1.165, 1.54) is 0 Å². The molecule has 7 rings (SSSR count). The molecule has 0 radical (unpaired) electrons. The predicted octanol–water partition coefficient (Wildman–Crippen LogP) is 7.35. The van der Waals surface area contributed by atoms with Crippen LogP contribution in [0, 0.1) is 12.8 Å². The Bertz CT molecular complexity index is 1790. The summed E-state index contributed by atoms with van der Waals surface area (Å²) in [6.45, 7) is 3.69. The Morgan fingerprint density at radius 3 is 1.76 bits per heavy atom. The summed E-state index contributed by atoms with van der Waals surface area (Å²) < 4.78 is 34.0. The minimum atomic E-state index is -1.00. The van der Waals surface area contributed by atoms with Crippen LogP contribution in [-0.4, -0.2) is 41.7 Å². The maximum Gasteiger partial charge on any atom is 0.131 e. The molecular formula is C43H45NO6. The third-order valence-electron chi connectivity index (χ3n) is 9.88. The van der Waals surface area contributed by atoms with E-state index in [-0.39, 0.29) is 18.6 Å². The summed E-state index contributed by atoms with van der Waals surface area (Å²) in [6, 6.07) is 45.9. The van der Waals surface area contributed by atoms with E-state index < -0.39 is 30.0 Å². The van der Waals surface area contributed by atoms with E-state index >= 15 is 0 Å². The first kappa shape index (κ1) is 34.1. The van der Waals surface area contributed by atoms with Crippen molar-refractivity contribution in [3.05, 3.63) is 173 Å². The minimum Gasteiger partial charge on any atom is -0.399 e. The molecule has 5 aromatic rings. The van der Waals surface area contributed by atoms with E-state index in [0.717, 1.165) is 33.4 Å². The first-order valence-corrected chi connectivity index (χ1v) is 17.3. The summed E-state index contributed by atoms with van der Waals surface area (Å²) in [5.41, 5.74) is 11.7. The van der Waals surface area contributed by atoms with Gasteiger partial charge in [-0.15, -0.1) is 0 Å². The van der Waals surface area contributed by atoms with Crippen LogP contribution in [0.5, 0.6) is 0 Å². The van der Waals surface area contributed by atoms with E-state index in [4.69, 9.17) is 29.4 Å². The quantitative estimate of drug-likeness (QED) is 0.113. The van der Waals surface area contributed by atoms with Gasteiger partial charge in [0.2, 0.25) is 0 Å². The summed E-state index contributed by atoms with van der Waals surface area (Å²) in [5.74, 6) is -0.258. The number of hydrogen-bond donors (Lipinski definition) is 2. The number of aryl methyl sites for hydroxylation is 1. The summed E-state index contributed by atoms with van der Waals surface area (Å²) in [4.78, 5) is 0. The smallest absolute Gasteiger partial charge is 0.131 e. The fourth-order valence-electron chi connectivity index (χ4n) is 7.29. The molecule has 0 bridgehead atoms.